The molecule has 0 amide bonds. The zero-order valence-electron chi connectivity index (χ0n) is 12.3. The first-order valence-corrected chi connectivity index (χ1v) is 6.96. The quantitative estimate of drug-likeness (QED) is 0.655. The van der Waals surface area contributed by atoms with Gasteiger partial charge in [-0.25, -0.2) is 8.78 Å². The second-order valence-electron chi connectivity index (χ2n) is 5.41. The monoisotopic (exact) mass is 290 g/mol. The van der Waals surface area contributed by atoms with Crippen LogP contribution in [-0.4, -0.2) is 6.04 Å². The zero-order valence-corrected chi connectivity index (χ0v) is 12.3. The van der Waals surface area contributed by atoms with Crippen molar-refractivity contribution in [1.82, 2.24) is 5.43 Å². The van der Waals surface area contributed by atoms with Crippen molar-refractivity contribution in [2.24, 2.45) is 5.84 Å². The van der Waals surface area contributed by atoms with Crippen molar-refractivity contribution in [3.05, 3.63) is 70.3 Å². The number of hydrazine groups is 1. The summed E-state index contributed by atoms with van der Waals surface area (Å²) in [5.41, 5.74) is 6.54. The summed E-state index contributed by atoms with van der Waals surface area (Å²) < 4.78 is 27.0. The summed E-state index contributed by atoms with van der Waals surface area (Å²) in [5.74, 6) is 3.96. The fourth-order valence-corrected chi connectivity index (χ4v) is 2.45. The molecule has 0 bridgehead atoms. The molecular weight excluding hydrogens is 270 g/mol. The first-order valence-electron chi connectivity index (χ1n) is 6.96. The molecule has 4 heteroatoms. The van der Waals surface area contributed by atoms with Crippen molar-refractivity contribution in [1.29, 1.82) is 0 Å². The third-order valence-electron chi connectivity index (χ3n) is 3.70. The van der Waals surface area contributed by atoms with Crippen LogP contribution in [0.25, 0.3) is 0 Å². The normalized spacial score (nSPS) is 12.4. The van der Waals surface area contributed by atoms with Crippen LogP contribution in [0, 0.1) is 25.5 Å². The number of hydrogen-bond acceptors (Lipinski definition) is 2. The molecule has 0 aliphatic heterocycles. The van der Waals surface area contributed by atoms with Gasteiger partial charge in [-0.05, 0) is 49.4 Å². The van der Waals surface area contributed by atoms with Crippen LogP contribution in [0.2, 0.25) is 0 Å². The van der Waals surface area contributed by atoms with Gasteiger partial charge in [-0.2, -0.15) is 0 Å². The van der Waals surface area contributed by atoms with Gasteiger partial charge in [0.2, 0.25) is 0 Å². The zero-order chi connectivity index (χ0) is 15.4. The smallest absolute Gasteiger partial charge is 0.162 e. The van der Waals surface area contributed by atoms with Gasteiger partial charge in [0.15, 0.2) is 11.6 Å². The highest BCUT2D eigenvalue weighted by Crippen LogP contribution is 2.17. The summed E-state index contributed by atoms with van der Waals surface area (Å²) >= 11 is 0. The van der Waals surface area contributed by atoms with Crippen molar-refractivity contribution in [3.8, 4) is 0 Å². The second-order valence-corrected chi connectivity index (χ2v) is 5.41. The van der Waals surface area contributed by atoms with Crippen LogP contribution in [0.15, 0.2) is 36.4 Å². The lowest BCUT2D eigenvalue weighted by atomic mass is 9.95. The molecule has 2 aromatic carbocycles. The molecule has 0 saturated carbocycles. The Morgan fingerprint density at radius 3 is 2.48 bits per heavy atom. The maximum Gasteiger partial charge on any atom is 0.162 e. The van der Waals surface area contributed by atoms with E-state index in [0.29, 0.717) is 18.4 Å². The summed E-state index contributed by atoms with van der Waals surface area (Å²) in [5, 5.41) is 0. The lowest BCUT2D eigenvalue weighted by molar-refractivity contribution is 0.473. The number of rotatable bonds is 5. The van der Waals surface area contributed by atoms with Crippen molar-refractivity contribution in [2.45, 2.75) is 32.7 Å². The average Bonchev–Trinajstić information content (AvgIpc) is 2.46. The predicted molar refractivity (Wildman–Crippen MR) is 80.8 cm³/mol. The number of hydrogen-bond donors (Lipinski definition) is 2. The summed E-state index contributed by atoms with van der Waals surface area (Å²) in [6.45, 7) is 4.06. The van der Waals surface area contributed by atoms with Gasteiger partial charge >= 0.3 is 0 Å². The Bertz CT molecular complexity index is 622. The Balaban J connectivity index is 2.17. The van der Waals surface area contributed by atoms with E-state index in [-0.39, 0.29) is 6.04 Å². The lowest BCUT2D eigenvalue weighted by Gasteiger charge is -2.18. The second kappa shape index (κ2) is 6.78. The van der Waals surface area contributed by atoms with E-state index >= 15 is 0 Å². The molecule has 0 aromatic heterocycles. The molecule has 2 nitrogen and oxygen atoms in total. The molecule has 1 unspecified atom stereocenters. The minimum absolute atomic E-state index is 0.151. The molecule has 0 aliphatic rings. The van der Waals surface area contributed by atoms with Crippen LogP contribution in [-0.2, 0) is 12.8 Å². The van der Waals surface area contributed by atoms with Crippen molar-refractivity contribution >= 4 is 0 Å². The number of nitrogens with two attached hydrogens (primary N) is 1. The first kappa shape index (κ1) is 15.6. The maximum absolute atomic E-state index is 13.7. The summed E-state index contributed by atoms with van der Waals surface area (Å²) in [6, 6.07) is 10.3. The fourth-order valence-electron chi connectivity index (χ4n) is 2.45. The molecule has 0 spiro atoms. The van der Waals surface area contributed by atoms with E-state index in [4.69, 9.17) is 5.84 Å². The highest BCUT2D eigenvalue weighted by atomic mass is 19.2. The van der Waals surface area contributed by atoms with E-state index in [0.717, 1.165) is 11.6 Å². The molecule has 3 N–H and O–H groups in total. The third-order valence-corrected chi connectivity index (χ3v) is 3.70. The predicted octanol–water partition coefficient (Wildman–Crippen LogP) is 3.20. The SMILES string of the molecule is Cc1ccc(C)c(CC(Cc2cccc(F)c2F)NN)c1. The Hall–Kier alpha value is -1.78. The number of aryl methyl sites for hydroxylation is 2. The number of nitrogens with one attached hydrogen (secondary N) is 1. The van der Waals surface area contributed by atoms with Crippen LogP contribution in [0.1, 0.15) is 22.3 Å². The topological polar surface area (TPSA) is 38.0 Å². The van der Waals surface area contributed by atoms with Crippen LogP contribution in [0.3, 0.4) is 0 Å². The maximum atomic E-state index is 13.7. The van der Waals surface area contributed by atoms with Crippen LogP contribution in [0.4, 0.5) is 8.78 Å². The highest BCUT2D eigenvalue weighted by Gasteiger charge is 2.15. The van der Waals surface area contributed by atoms with Crippen LogP contribution in [0.5, 0.6) is 0 Å². The molecule has 2 rings (SSSR count). The van der Waals surface area contributed by atoms with E-state index in [1.54, 1.807) is 6.07 Å². The minimum atomic E-state index is -0.824. The van der Waals surface area contributed by atoms with E-state index in [2.05, 4.69) is 23.6 Å². The van der Waals surface area contributed by atoms with Crippen LogP contribution < -0.4 is 11.3 Å². The molecule has 21 heavy (non-hydrogen) atoms. The Labute approximate surface area is 124 Å². The van der Waals surface area contributed by atoms with E-state index in [9.17, 15) is 8.78 Å². The Morgan fingerprint density at radius 2 is 1.76 bits per heavy atom. The molecular formula is C17H20F2N2. The third kappa shape index (κ3) is 3.86. The summed E-state index contributed by atoms with van der Waals surface area (Å²) in [7, 11) is 0. The molecule has 0 aliphatic carbocycles. The van der Waals surface area contributed by atoms with Crippen LogP contribution >= 0.6 is 0 Å². The number of halogens is 2. The van der Waals surface area contributed by atoms with Gasteiger partial charge in [0, 0.05) is 6.04 Å². The lowest BCUT2D eigenvalue weighted by Crippen LogP contribution is -2.38. The molecule has 2 aromatic rings. The van der Waals surface area contributed by atoms with E-state index in [1.807, 2.05) is 13.8 Å². The molecule has 0 fully saturated rings. The Morgan fingerprint density at radius 1 is 1.05 bits per heavy atom. The molecule has 1 atom stereocenters. The standard InChI is InChI=1S/C17H20F2N2/c1-11-6-7-12(2)14(8-11)10-15(21-20)9-13-4-3-5-16(18)17(13)19/h3-8,15,21H,9-10,20H2,1-2H3. The molecule has 112 valence electrons. The van der Waals surface area contributed by atoms with Gasteiger partial charge in [0.05, 0.1) is 0 Å². The highest BCUT2D eigenvalue weighted by molar-refractivity contribution is 5.31. The van der Waals surface area contributed by atoms with Crippen molar-refractivity contribution < 1.29 is 8.78 Å². The van der Waals surface area contributed by atoms with Gasteiger partial charge in [0.25, 0.3) is 0 Å². The first-order chi connectivity index (χ1) is 10.0. The van der Waals surface area contributed by atoms with Crippen molar-refractivity contribution in [3.63, 3.8) is 0 Å². The minimum Gasteiger partial charge on any atom is -0.271 e. The van der Waals surface area contributed by atoms with Gasteiger partial charge in [0.1, 0.15) is 0 Å². The molecule has 0 radical (unpaired) electrons. The summed E-state index contributed by atoms with van der Waals surface area (Å²) in [4.78, 5) is 0. The van der Waals surface area contributed by atoms with Gasteiger partial charge in [-0.3, -0.25) is 11.3 Å². The number of benzene rings is 2. The molecule has 0 heterocycles. The summed E-state index contributed by atoms with van der Waals surface area (Å²) in [6.07, 6.45) is 1.01. The van der Waals surface area contributed by atoms with E-state index in [1.165, 1.54) is 17.2 Å². The van der Waals surface area contributed by atoms with Gasteiger partial charge in [-0.1, -0.05) is 35.9 Å². The molecule has 0 saturated heterocycles. The average molecular weight is 290 g/mol. The Kier molecular flexibility index (Phi) is 5.04. The van der Waals surface area contributed by atoms with E-state index < -0.39 is 11.6 Å². The fraction of sp³-hybridized carbons (Fsp3) is 0.294. The van der Waals surface area contributed by atoms with Crippen molar-refractivity contribution in [2.75, 3.05) is 0 Å². The largest absolute Gasteiger partial charge is 0.271 e. The van der Waals surface area contributed by atoms with Gasteiger partial charge in [-0.15, -0.1) is 0 Å². The van der Waals surface area contributed by atoms with Gasteiger partial charge < -0.3 is 0 Å².